The van der Waals surface area contributed by atoms with Crippen LogP contribution in [0.15, 0.2) is 59.5 Å². The number of hydrogen-bond acceptors (Lipinski definition) is 5. The summed E-state index contributed by atoms with van der Waals surface area (Å²) in [5.41, 5.74) is 1.64. The summed E-state index contributed by atoms with van der Waals surface area (Å²) in [4.78, 5) is 18.5. The second-order valence-corrected chi connectivity index (χ2v) is 14.3. The molecule has 2 aromatic carbocycles. The summed E-state index contributed by atoms with van der Waals surface area (Å²) in [6.07, 6.45) is 4.87. The Labute approximate surface area is 243 Å². The van der Waals surface area contributed by atoms with E-state index in [9.17, 15) is 13.2 Å². The maximum Gasteiger partial charge on any atom is 0.270 e. The average molecular weight is 579 g/mol. The van der Waals surface area contributed by atoms with Crippen LogP contribution in [-0.4, -0.2) is 83.4 Å². The number of piperidine rings is 1. The van der Waals surface area contributed by atoms with Crippen LogP contribution in [0.2, 0.25) is 0 Å². The van der Waals surface area contributed by atoms with Crippen LogP contribution in [0.1, 0.15) is 69.9 Å². The number of rotatable bonds is 7. The van der Waals surface area contributed by atoms with Crippen molar-refractivity contribution < 1.29 is 17.9 Å². The summed E-state index contributed by atoms with van der Waals surface area (Å²) in [7, 11) is -3.57. The van der Waals surface area contributed by atoms with Gasteiger partial charge in [-0.05, 0) is 89.8 Å². The quantitative estimate of drug-likeness (QED) is 0.388. The molecule has 220 valence electrons. The minimum atomic E-state index is -3.57. The van der Waals surface area contributed by atoms with E-state index in [1.807, 2.05) is 12.1 Å². The van der Waals surface area contributed by atoms with Crippen molar-refractivity contribution >= 4 is 26.8 Å². The third-order valence-corrected chi connectivity index (χ3v) is 11.0. The minimum Gasteiger partial charge on any atom is -0.490 e. The molecule has 0 spiro atoms. The van der Waals surface area contributed by atoms with Gasteiger partial charge in [0.2, 0.25) is 10.0 Å². The molecule has 0 aliphatic carbocycles. The van der Waals surface area contributed by atoms with E-state index in [0.717, 1.165) is 29.5 Å². The number of sulfonamides is 1. The van der Waals surface area contributed by atoms with E-state index in [2.05, 4.69) is 49.3 Å². The lowest BCUT2D eigenvalue weighted by atomic mass is 9.98. The fraction of sp³-hybridized carbons (Fsp3) is 0.531. The number of nitrogens with zero attached hydrogens (tertiary/aromatic N) is 4. The van der Waals surface area contributed by atoms with Gasteiger partial charge in [0.1, 0.15) is 17.5 Å². The smallest absolute Gasteiger partial charge is 0.270 e. The fourth-order valence-electron chi connectivity index (χ4n) is 7.34. The Balaban J connectivity index is 1.17. The summed E-state index contributed by atoms with van der Waals surface area (Å²) in [5, 5.41) is 0.993. The van der Waals surface area contributed by atoms with E-state index >= 15 is 0 Å². The van der Waals surface area contributed by atoms with Crippen LogP contribution in [0, 0.1) is 0 Å². The van der Waals surface area contributed by atoms with E-state index in [1.165, 1.54) is 17.1 Å². The van der Waals surface area contributed by atoms with Gasteiger partial charge in [0, 0.05) is 61.2 Å². The molecule has 3 aromatic rings. The van der Waals surface area contributed by atoms with Gasteiger partial charge in [-0.2, -0.15) is 4.31 Å². The Hall–Kier alpha value is -2.88. The summed E-state index contributed by atoms with van der Waals surface area (Å²) in [6.45, 7) is 10.0. The SMILES string of the molecule is CC(C)N1[C@@H]2CC[C@H]1C[C@@H](Oc1ccc3c(c1)cc(C(=O)N1CCN(S(=O)(=O)c4ccccc4)CC1)n3C(C)C)C2. The molecule has 41 heavy (non-hydrogen) atoms. The highest BCUT2D eigenvalue weighted by molar-refractivity contribution is 7.89. The minimum absolute atomic E-state index is 0.0632. The first kappa shape index (κ1) is 28.2. The van der Waals surface area contributed by atoms with E-state index < -0.39 is 10.0 Å². The highest BCUT2D eigenvalue weighted by Crippen LogP contribution is 2.39. The Bertz CT molecular complexity index is 1500. The molecule has 3 saturated heterocycles. The lowest BCUT2D eigenvalue weighted by molar-refractivity contribution is 0.0308. The number of fused-ring (bicyclic) bond motifs is 3. The molecule has 0 saturated carbocycles. The topological polar surface area (TPSA) is 75.1 Å². The largest absolute Gasteiger partial charge is 0.490 e. The monoisotopic (exact) mass is 578 g/mol. The summed E-state index contributed by atoms with van der Waals surface area (Å²) in [6, 6.07) is 18.5. The van der Waals surface area contributed by atoms with Crippen LogP contribution in [0.3, 0.4) is 0 Å². The van der Waals surface area contributed by atoms with Crippen molar-refractivity contribution in [1.82, 2.24) is 18.7 Å². The Kier molecular flexibility index (Phi) is 7.63. The summed E-state index contributed by atoms with van der Waals surface area (Å²) >= 11 is 0. The number of hydrogen-bond donors (Lipinski definition) is 0. The van der Waals surface area contributed by atoms with E-state index in [0.29, 0.717) is 36.9 Å². The molecule has 8 nitrogen and oxygen atoms in total. The number of ether oxygens (including phenoxy) is 1. The molecule has 1 aromatic heterocycles. The van der Waals surface area contributed by atoms with E-state index in [-0.39, 0.29) is 36.0 Å². The van der Waals surface area contributed by atoms with Crippen molar-refractivity contribution in [3.63, 3.8) is 0 Å². The zero-order valence-electron chi connectivity index (χ0n) is 24.6. The molecule has 3 aliphatic heterocycles. The molecule has 4 heterocycles. The molecular formula is C32H42N4O4S. The highest BCUT2D eigenvalue weighted by atomic mass is 32.2. The van der Waals surface area contributed by atoms with Gasteiger partial charge in [-0.1, -0.05) is 18.2 Å². The third-order valence-electron chi connectivity index (χ3n) is 9.10. The Morgan fingerprint density at radius 3 is 2.12 bits per heavy atom. The van der Waals surface area contributed by atoms with Crippen molar-refractivity contribution in [3.8, 4) is 5.75 Å². The van der Waals surface area contributed by atoms with Crippen molar-refractivity contribution in [3.05, 3.63) is 60.3 Å². The van der Waals surface area contributed by atoms with Gasteiger partial charge in [-0.15, -0.1) is 0 Å². The van der Waals surface area contributed by atoms with Gasteiger partial charge in [0.15, 0.2) is 0 Å². The second kappa shape index (κ2) is 11.1. The summed E-state index contributed by atoms with van der Waals surface area (Å²) < 4.78 is 36.2. The highest BCUT2D eigenvalue weighted by Gasteiger charge is 2.42. The van der Waals surface area contributed by atoms with Crippen molar-refractivity contribution in [2.45, 2.75) is 88.5 Å². The molecule has 6 rings (SSSR count). The maximum atomic E-state index is 13.8. The van der Waals surface area contributed by atoms with Gasteiger partial charge in [0.05, 0.1) is 4.90 Å². The third kappa shape index (κ3) is 5.28. The fourth-order valence-corrected chi connectivity index (χ4v) is 8.78. The maximum absolute atomic E-state index is 13.8. The van der Waals surface area contributed by atoms with Gasteiger partial charge in [-0.25, -0.2) is 8.42 Å². The van der Waals surface area contributed by atoms with Gasteiger partial charge in [0.25, 0.3) is 5.91 Å². The Morgan fingerprint density at radius 2 is 1.51 bits per heavy atom. The van der Waals surface area contributed by atoms with Crippen LogP contribution in [0.4, 0.5) is 0 Å². The first-order valence-corrected chi connectivity index (χ1v) is 16.5. The standard InChI is InChI=1S/C32H42N4O4S/c1-22(2)35-25-10-11-26(35)21-28(20-25)40-27-12-13-30-24(18-27)19-31(36(30)23(3)4)32(37)33-14-16-34(17-15-33)41(38,39)29-8-6-5-7-9-29/h5-9,12-13,18-19,22-23,25-26,28H,10-11,14-17,20-21H2,1-4H3/t25-,26+,28+. The number of carbonyl (C=O) groups excluding carboxylic acids is 1. The number of amides is 1. The number of carbonyl (C=O) groups is 1. The van der Waals surface area contributed by atoms with E-state index in [4.69, 9.17) is 4.74 Å². The van der Waals surface area contributed by atoms with Crippen LogP contribution < -0.4 is 4.74 Å². The van der Waals surface area contributed by atoms with Crippen LogP contribution >= 0.6 is 0 Å². The molecule has 9 heteroatoms. The first-order valence-electron chi connectivity index (χ1n) is 15.1. The Morgan fingerprint density at radius 1 is 0.854 bits per heavy atom. The molecule has 3 aliphatic rings. The first-order chi connectivity index (χ1) is 19.6. The normalized spacial score (nSPS) is 24.0. The number of piperazine rings is 1. The predicted molar refractivity (Wildman–Crippen MR) is 161 cm³/mol. The molecular weight excluding hydrogens is 536 g/mol. The molecule has 0 unspecified atom stereocenters. The molecule has 0 N–H and O–H groups in total. The molecule has 2 bridgehead atoms. The van der Waals surface area contributed by atoms with Crippen LogP contribution in [-0.2, 0) is 10.0 Å². The van der Waals surface area contributed by atoms with Crippen molar-refractivity contribution in [1.29, 1.82) is 0 Å². The predicted octanol–water partition coefficient (Wildman–Crippen LogP) is 5.15. The van der Waals surface area contributed by atoms with E-state index in [1.54, 1.807) is 35.2 Å². The lowest BCUT2D eigenvalue weighted by Gasteiger charge is -2.41. The number of aromatic nitrogens is 1. The lowest BCUT2D eigenvalue weighted by Crippen LogP contribution is -2.50. The average Bonchev–Trinajstić information content (AvgIpc) is 3.48. The summed E-state index contributed by atoms with van der Waals surface area (Å²) in [5.74, 6) is 0.797. The molecule has 3 fully saturated rings. The zero-order chi connectivity index (χ0) is 28.9. The number of benzene rings is 2. The van der Waals surface area contributed by atoms with Gasteiger partial charge in [-0.3, -0.25) is 9.69 Å². The van der Waals surface area contributed by atoms with Crippen molar-refractivity contribution in [2.75, 3.05) is 26.2 Å². The molecule has 0 radical (unpaired) electrons. The molecule has 3 atom stereocenters. The van der Waals surface area contributed by atoms with Crippen LogP contribution in [0.25, 0.3) is 10.9 Å². The van der Waals surface area contributed by atoms with Crippen LogP contribution in [0.5, 0.6) is 5.75 Å². The van der Waals surface area contributed by atoms with Gasteiger partial charge >= 0.3 is 0 Å². The second-order valence-electron chi connectivity index (χ2n) is 12.4. The van der Waals surface area contributed by atoms with Crippen molar-refractivity contribution in [2.24, 2.45) is 0 Å². The molecule has 1 amide bonds. The van der Waals surface area contributed by atoms with Gasteiger partial charge < -0.3 is 14.2 Å². The zero-order valence-corrected chi connectivity index (χ0v) is 25.4.